The molecule has 0 aliphatic rings. The van der Waals surface area contributed by atoms with E-state index in [1.54, 1.807) is 11.6 Å². The second-order valence-electron chi connectivity index (χ2n) is 3.52. The quantitative estimate of drug-likeness (QED) is 0.696. The van der Waals surface area contributed by atoms with Crippen molar-refractivity contribution in [1.82, 2.24) is 9.78 Å². The van der Waals surface area contributed by atoms with Crippen molar-refractivity contribution in [2.45, 2.75) is 19.6 Å². The summed E-state index contributed by atoms with van der Waals surface area (Å²) in [5.41, 5.74) is 7.28. The minimum atomic E-state index is -0.387. The summed E-state index contributed by atoms with van der Waals surface area (Å²) in [7, 11) is 0. The number of hydrogen-bond donors (Lipinski definition) is 2. The fourth-order valence-corrected chi connectivity index (χ4v) is 1.46. The first-order valence-corrected chi connectivity index (χ1v) is 4.56. The molecule has 1 heterocycles. The van der Waals surface area contributed by atoms with Gasteiger partial charge in [0.05, 0.1) is 18.2 Å². The minimum Gasteiger partial charge on any atom is -0.399 e. The molecule has 2 aromatic rings. The van der Waals surface area contributed by atoms with Crippen LogP contribution in [0.4, 0.5) is 5.69 Å². The van der Waals surface area contributed by atoms with Gasteiger partial charge in [0.15, 0.2) is 0 Å². The molecule has 1 aromatic heterocycles. The molecule has 0 saturated carbocycles. The van der Waals surface area contributed by atoms with Gasteiger partial charge >= 0.3 is 0 Å². The van der Waals surface area contributed by atoms with Crippen molar-refractivity contribution in [1.29, 1.82) is 0 Å². The van der Waals surface area contributed by atoms with Gasteiger partial charge in [0.1, 0.15) is 0 Å². The number of aliphatic hydroxyl groups is 1. The summed E-state index contributed by atoms with van der Waals surface area (Å²) < 4.78 is 1.73. The van der Waals surface area contributed by atoms with E-state index in [9.17, 15) is 5.11 Å². The summed E-state index contributed by atoms with van der Waals surface area (Å²) in [6, 6.07) is 5.58. The van der Waals surface area contributed by atoms with E-state index in [1.807, 2.05) is 24.4 Å². The zero-order valence-corrected chi connectivity index (χ0v) is 8.01. The molecule has 1 atom stereocenters. The van der Waals surface area contributed by atoms with Crippen molar-refractivity contribution in [2.75, 3.05) is 5.73 Å². The number of nitrogens with zero attached hydrogens (tertiary/aromatic N) is 2. The Morgan fingerprint density at radius 3 is 3.07 bits per heavy atom. The SMILES string of the molecule is C[C@H](O)Cn1cc2cc(N)ccc2n1. The molecule has 4 nitrogen and oxygen atoms in total. The highest BCUT2D eigenvalue weighted by Gasteiger charge is 2.02. The summed E-state index contributed by atoms with van der Waals surface area (Å²) >= 11 is 0. The molecule has 0 bridgehead atoms. The first-order chi connectivity index (χ1) is 6.65. The Labute approximate surface area is 81.9 Å². The number of nitrogens with two attached hydrogens (primary N) is 1. The first kappa shape index (κ1) is 9.02. The number of hydrogen-bond acceptors (Lipinski definition) is 3. The Bertz CT molecular complexity index is 448. The Morgan fingerprint density at radius 2 is 2.36 bits per heavy atom. The van der Waals surface area contributed by atoms with Crippen LogP contribution in [0.2, 0.25) is 0 Å². The van der Waals surface area contributed by atoms with Crippen LogP contribution in [0, 0.1) is 0 Å². The van der Waals surface area contributed by atoms with E-state index in [2.05, 4.69) is 5.10 Å². The Morgan fingerprint density at radius 1 is 1.57 bits per heavy atom. The van der Waals surface area contributed by atoms with Crippen LogP contribution in [-0.4, -0.2) is 21.0 Å². The van der Waals surface area contributed by atoms with Gasteiger partial charge in [-0.1, -0.05) is 0 Å². The third-order valence-corrected chi connectivity index (χ3v) is 2.03. The van der Waals surface area contributed by atoms with Crippen LogP contribution in [-0.2, 0) is 6.54 Å². The van der Waals surface area contributed by atoms with Gasteiger partial charge in [-0.05, 0) is 25.1 Å². The average molecular weight is 191 g/mol. The molecule has 1 aromatic carbocycles. The molecule has 0 saturated heterocycles. The molecule has 14 heavy (non-hydrogen) atoms. The summed E-state index contributed by atoms with van der Waals surface area (Å²) in [6.45, 7) is 2.25. The van der Waals surface area contributed by atoms with E-state index in [1.165, 1.54) is 0 Å². The van der Waals surface area contributed by atoms with Crippen LogP contribution in [0.1, 0.15) is 6.92 Å². The molecule has 0 aliphatic heterocycles. The van der Waals surface area contributed by atoms with Crippen LogP contribution in [0.5, 0.6) is 0 Å². The fraction of sp³-hybridized carbons (Fsp3) is 0.300. The van der Waals surface area contributed by atoms with Crippen LogP contribution >= 0.6 is 0 Å². The number of anilines is 1. The standard InChI is InChI=1S/C10H13N3O/c1-7(14)5-13-6-8-4-9(11)2-3-10(8)12-13/h2-4,6-7,14H,5,11H2,1H3/t7-/m0/s1. The highest BCUT2D eigenvalue weighted by atomic mass is 16.3. The van der Waals surface area contributed by atoms with Crippen molar-refractivity contribution >= 4 is 16.6 Å². The Balaban J connectivity index is 2.41. The number of aliphatic hydroxyl groups excluding tert-OH is 1. The number of nitrogen functional groups attached to an aromatic ring is 1. The lowest BCUT2D eigenvalue weighted by Crippen LogP contribution is -2.11. The molecule has 0 spiro atoms. The minimum absolute atomic E-state index is 0.387. The number of benzene rings is 1. The molecule has 0 fully saturated rings. The second kappa shape index (κ2) is 3.31. The first-order valence-electron chi connectivity index (χ1n) is 4.56. The monoisotopic (exact) mass is 191 g/mol. The van der Waals surface area contributed by atoms with Crippen molar-refractivity contribution in [3.05, 3.63) is 24.4 Å². The summed E-state index contributed by atoms with van der Waals surface area (Å²) in [5, 5.41) is 14.5. The van der Waals surface area contributed by atoms with Crippen molar-refractivity contribution in [3.63, 3.8) is 0 Å². The molecule has 4 heteroatoms. The molecular formula is C10H13N3O. The van der Waals surface area contributed by atoms with Gasteiger partial charge < -0.3 is 10.8 Å². The van der Waals surface area contributed by atoms with Crippen molar-refractivity contribution in [2.24, 2.45) is 0 Å². The normalized spacial score (nSPS) is 13.3. The largest absolute Gasteiger partial charge is 0.399 e. The number of aromatic nitrogens is 2. The van der Waals surface area contributed by atoms with E-state index in [4.69, 9.17) is 5.73 Å². The van der Waals surface area contributed by atoms with E-state index < -0.39 is 0 Å². The Kier molecular flexibility index (Phi) is 2.13. The number of fused-ring (bicyclic) bond motifs is 1. The van der Waals surface area contributed by atoms with Gasteiger partial charge in [-0.15, -0.1) is 0 Å². The van der Waals surface area contributed by atoms with Gasteiger partial charge in [-0.3, -0.25) is 4.68 Å². The second-order valence-corrected chi connectivity index (χ2v) is 3.52. The topological polar surface area (TPSA) is 64.1 Å². The Hall–Kier alpha value is -1.55. The lowest BCUT2D eigenvalue weighted by atomic mass is 10.2. The molecule has 74 valence electrons. The van der Waals surface area contributed by atoms with Gasteiger partial charge in [0.2, 0.25) is 0 Å². The van der Waals surface area contributed by atoms with Crippen LogP contribution in [0.15, 0.2) is 24.4 Å². The molecule has 0 unspecified atom stereocenters. The molecule has 2 rings (SSSR count). The predicted molar refractivity (Wildman–Crippen MR) is 55.8 cm³/mol. The molecule has 0 aliphatic carbocycles. The van der Waals surface area contributed by atoms with Gasteiger partial charge in [0.25, 0.3) is 0 Å². The van der Waals surface area contributed by atoms with Gasteiger partial charge in [-0.25, -0.2) is 0 Å². The maximum absolute atomic E-state index is 9.20. The molecule has 0 radical (unpaired) electrons. The van der Waals surface area contributed by atoms with E-state index >= 15 is 0 Å². The van der Waals surface area contributed by atoms with Gasteiger partial charge in [0, 0.05) is 17.3 Å². The molecule has 0 amide bonds. The smallest absolute Gasteiger partial charge is 0.0924 e. The van der Waals surface area contributed by atoms with Crippen LogP contribution < -0.4 is 5.73 Å². The van der Waals surface area contributed by atoms with Crippen molar-refractivity contribution in [3.8, 4) is 0 Å². The van der Waals surface area contributed by atoms with Gasteiger partial charge in [-0.2, -0.15) is 5.10 Å². The highest BCUT2D eigenvalue weighted by molar-refractivity contribution is 5.81. The third-order valence-electron chi connectivity index (χ3n) is 2.03. The highest BCUT2D eigenvalue weighted by Crippen LogP contribution is 2.15. The zero-order chi connectivity index (χ0) is 10.1. The van der Waals surface area contributed by atoms with E-state index in [-0.39, 0.29) is 6.10 Å². The van der Waals surface area contributed by atoms with E-state index in [0.717, 1.165) is 16.6 Å². The van der Waals surface area contributed by atoms with Crippen molar-refractivity contribution < 1.29 is 5.11 Å². The maximum Gasteiger partial charge on any atom is 0.0924 e. The van der Waals surface area contributed by atoms with Crippen LogP contribution in [0.25, 0.3) is 10.9 Å². The zero-order valence-electron chi connectivity index (χ0n) is 8.01. The maximum atomic E-state index is 9.20. The summed E-state index contributed by atoms with van der Waals surface area (Å²) in [4.78, 5) is 0. The fourth-order valence-electron chi connectivity index (χ4n) is 1.46. The van der Waals surface area contributed by atoms with E-state index in [0.29, 0.717) is 6.54 Å². The van der Waals surface area contributed by atoms with Crippen LogP contribution in [0.3, 0.4) is 0 Å². The third kappa shape index (κ3) is 1.70. The summed E-state index contributed by atoms with van der Waals surface area (Å²) in [6.07, 6.45) is 1.50. The molecule has 3 N–H and O–H groups in total. The molecular weight excluding hydrogens is 178 g/mol. The summed E-state index contributed by atoms with van der Waals surface area (Å²) in [5.74, 6) is 0. The lowest BCUT2D eigenvalue weighted by molar-refractivity contribution is 0.169. The average Bonchev–Trinajstić information content (AvgIpc) is 2.44. The predicted octanol–water partition coefficient (Wildman–Crippen LogP) is 0.999. The number of rotatable bonds is 2. The lowest BCUT2D eigenvalue weighted by Gasteiger charge is -2.02.